The van der Waals surface area contributed by atoms with Crippen LogP contribution in [0, 0.1) is 0 Å². The third-order valence-corrected chi connectivity index (χ3v) is 4.31. The van der Waals surface area contributed by atoms with Crippen LogP contribution in [0.15, 0.2) is 30.3 Å². The quantitative estimate of drug-likeness (QED) is 0.572. The molecule has 2 rings (SSSR count). The Hall–Kier alpha value is -1.55. The van der Waals surface area contributed by atoms with Gasteiger partial charge in [0.25, 0.3) is 0 Å². The first-order valence-corrected chi connectivity index (χ1v) is 7.59. The van der Waals surface area contributed by atoms with Crippen LogP contribution in [-0.4, -0.2) is 41.7 Å². The number of para-hydroxylation sites is 1. The van der Waals surface area contributed by atoms with E-state index in [9.17, 15) is 4.79 Å². The van der Waals surface area contributed by atoms with Gasteiger partial charge in [-0.05, 0) is 39.3 Å². The Morgan fingerprint density at radius 1 is 1.29 bits per heavy atom. The van der Waals surface area contributed by atoms with E-state index >= 15 is 0 Å². The molecule has 2 unspecified atom stereocenters. The fraction of sp³-hybridized carbons (Fsp3) is 0.588. The molecule has 4 nitrogen and oxygen atoms in total. The van der Waals surface area contributed by atoms with Gasteiger partial charge in [-0.25, -0.2) is 4.79 Å². The Bertz CT molecular complexity index is 486. The zero-order valence-electron chi connectivity index (χ0n) is 13.4. The monoisotopic (exact) mass is 291 g/mol. The van der Waals surface area contributed by atoms with Crippen molar-refractivity contribution in [1.82, 2.24) is 4.90 Å². The molecule has 1 heterocycles. The third kappa shape index (κ3) is 3.21. The van der Waals surface area contributed by atoms with E-state index in [1.165, 1.54) is 0 Å². The minimum Gasteiger partial charge on any atom is -0.491 e. The van der Waals surface area contributed by atoms with Gasteiger partial charge in [0.1, 0.15) is 12.4 Å². The van der Waals surface area contributed by atoms with Crippen LogP contribution in [-0.2, 0) is 9.53 Å². The lowest BCUT2D eigenvalue weighted by Crippen LogP contribution is -2.44. The van der Waals surface area contributed by atoms with Gasteiger partial charge in [-0.2, -0.15) is 0 Å². The molecule has 1 fully saturated rings. The Labute approximate surface area is 127 Å². The molecule has 116 valence electrons. The van der Waals surface area contributed by atoms with Gasteiger partial charge in [0, 0.05) is 12.1 Å². The molecule has 21 heavy (non-hydrogen) atoms. The summed E-state index contributed by atoms with van der Waals surface area (Å²) >= 11 is 0. The van der Waals surface area contributed by atoms with Gasteiger partial charge in [-0.15, -0.1) is 0 Å². The second-order valence-corrected chi connectivity index (χ2v) is 6.11. The first kappa shape index (κ1) is 15.8. The summed E-state index contributed by atoms with van der Waals surface area (Å²) in [6.07, 6.45) is 0.972. The predicted octanol–water partition coefficient (Wildman–Crippen LogP) is 2.87. The van der Waals surface area contributed by atoms with Gasteiger partial charge >= 0.3 is 5.97 Å². The molecule has 0 aromatic heterocycles. The summed E-state index contributed by atoms with van der Waals surface area (Å²) < 4.78 is 11.1. The van der Waals surface area contributed by atoms with E-state index in [0.717, 1.165) is 12.2 Å². The maximum absolute atomic E-state index is 12.4. The van der Waals surface area contributed by atoms with Crippen LogP contribution in [0.1, 0.15) is 34.1 Å². The molecular formula is C17H25NO3. The van der Waals surface area contributed by atoms with Crippen molar-refractivity contribution in [1.29, 1.82) is 0 Å². The molecule has 0 saturated carbocycles. The summed E-state index contributed by atoms with van der Waals surface area (Å²) in [7, 11) is 0. The molecule has 0 bridgehead atoms. The summed E-state index contributed by atoms with van der Waals surface area (Å²) in [5, 5.41) is 0. The van der Waals surface area contributed by atoms with Crippen LogP contribution in [0.5, 0.6) is 5.75 Å². The SMILES string of the molecule is CCOC(=O)C1(COc2ccccc2)CN1C(C)(C)CC. The molecule has 1 aliphatic rings. The highest BCUT2D eigenvalue weighted by atomic mass is 16.5. The maximum atomic E-state index is 12.4. The van der Waals surface area contributed by atoms with E-state index in [2.05, 4.69) is 25.7 Å². The average molecular weight is 291 g/mol. The van der Waals surface area contributed by atoms with E-state index in [1.54, 1.807) is 0 Å². The van der Waals surface area contributed by atoms with Crippen LogP contribution in [0.2, 0.25) is 0 Å². The van der Waals surface area contributed by atoms with E-state index in [-0.39, 0.29) is 11.5 Å². The molecule has 0 N–H and O–H groups in total. The van der Waals surface area contributed by atoms with Gasteiger partial charge < -0.3 is 9.47 Å². The Kier molecular flexibility index (Phi) is 4.57. The Balaban J connectivity index is 2.10. The van der Waals surface area contributed by atoms with E-state index in [4.69, 9.17) is 9.47 Å². The minimum absolute atomic E-state index is 0.0349. The van der Waals surface area contributed by atoms with Gasteiger partial charge in [0.2, 0.25) is 0 Å². The van der Waals surface area contributed by atoms with Crippen LogP contribution in [0.3, 0.4) is 0 Å². The van der Waals surface area contributed by atoms with E-state index < -0.39 is 5.54 Å². The molecule has 0 amide bonds. The molecule has 1 saturated heterocycles. The van der Waals surface area contributed by atoms with Gasteiger partial charge in [0.15, 0.2) is 5.54 Å². The number of hydrogen-bond acceptors (Lipinski definition) is 4. The lowest BCUT2D eigenvalue weighted by atomic mass is 10.0. The molecule has 0 spiro atoms. The van der Waals surface area contributed by atoms with Crippen molar-refractivity contribution < 1.29 is 14.3 Å². The van der Waals surface area contributed by atoms with Crippen molar-refractivity contribution in [3.63, 3.8) is 0 Å². The molecule has 1 aliphatic heterocycles. The average Bonchev–Trinajstić information content (AvgIpc) is 3.24. The largest absolute Gasteiger partial charge is 0.491 e. The summed E-state index contributed by atoms with van der Waals surface area (Å²) in [6, 6.07) is 9.59. The number of hydrogen-bond donors (Lipinski definition) is 0. The van der Waals surface area contributed by atoms with Crippen molar-refractivity contribution in [2.45, 2.75) is 45.2 Å². The van der Waals surface area contributed by atoms with Crippen molar-refractivity contribution in [3.05, 3.63) is 30.3 Å². The lowest BCUT2D eigenvalue weighted by molar-refractivity contribution is -0.149. The summed E-state index contributed by atoms with van der Waals surface area (Å²) in [4.78, 5) is 14.6. The Morgan fingerprint density at radius 3 is 2.52 bits per heavy atom. The molecule has 2 atom stereocenters. The summed E-state index contributed by atoms with van der Waals surface area (Å²) in [5.74, 6) is 0.602. The number of benzene rings is 1. The second-order valence-electron chi connectivity index (χ2n) is 6.11. The summed E-state index contributed by atoms with van der Waals surface area (Å²) in [5.41, 5.74) is -0.668. The van der Waals surface area contributed by atoms with E-state index in [0.29, 0.717) is 19.8 Å². The molecule has 1 aromatic rings. The fourth-order valence-electron chi connectivity index (χ4n) is 2.55. The maximum Gasteiger partial charge on any atom is 0.331 e. The van der Waals surface area contributed by atoms with Gasteiger partial charge in [-0.3, -0.25) is 4.90 Å². The van der Waals surface area contributed by atoms with Crippen LogP contribution < -0.4 is 4.74 Å². The number of carbonyl (C=O) groups is 1. The van der Waals surface area contributed by atoms with Crippen LogP contribution in [0.25, 0.3) is 0 Å². The highest BCUT2D eigenvalue weighted by molar-refractivity contribution is 5.85. The molecule has 1 aromatic carbocycles. The lowest BCUT2D eigenvalue weighted by Gasteiger charge is -2.29. The number of ether oxygens (including phenoxy) is 2. The first-order valence-electron chi connectivity index (χ1n) is 7.59. The van der Waals surface area contributed by atoms with Crippen molar-refractivity contribution in [3.8, 4) is 5.75 Å². The van der Waals surface area contributed by atoms with Crippen molar-refractivity contribution >= 4 is 5.97 Å². The van der Waals surface area contributed by atoms with Crippen molar-refractivity contribution in [2.24, 2.45) is 0 Å². The smallest absolute Gasteiger partial charge is 0.331 e. The van der Waals surface area contributed by atoms with Crippen LogP contribution >= 0.6 is 0 Å². The molecular weight excluding hydrogens is 266 g/mol. The number of esters is 1. The third-order valence-electron chi connectivity index (χ3n) is 4.31. The molecule has 0 radical (unpaired) electrons. The molecule has 4 heteroatoms. The van der Waals surface area contributed by atoms with Crippen LogP contribution in [0.4, 0.5) is 0 Å². The minimum atomic E-state index is -0.634. The first-order chi connectivity index (χ1) is 9.96. The van der Waals surface area contributed by atoms with E-state index in [1.807, 2.05) is 37.3 Å². The Morgan fingerprint density at radius 2 is 1.95 bits per heavy atom. The zero-order valence-corrected chi connectivity index (χ0v) is 13.4. The number of rotatable bonds is 7. The van der Waals surface area contributed by atoms with Crippen molar-refractivity contribution in [2.75, 3.05) is 19.8 Å². The zero-order chi connectivity index (χ0) is 15.5. The normalized spacial score (nSPS) is 24.5. The standard InChI is InChI=1S/C17H25NO3/c1-5-16(3,4)18-12-17(18,15(19)20-6-2)13-21-14-10-8-7-9-11-14/h7-11H,5-6,12-13H2,1-4H3. The number of carbonyl (C=O) groups excluding carboxylic acids is 1. The van der Waals surface area contributed by atoms with Gasteiger partial charge in [0.05, 0.1) is 6.61 Å². The summed E-state index contributed by atoms with van der Waals surface area (Å²) in [6.45, 7) is 9.69. The molecule has 0 aliphatic carbocycles. The fourth-order valence-corrected chi connectivity index (χ4v) is 2.55. The number of nitrogens with zero attached hydrogens (tertiary/aromatic N) is 1. The predicted molar refractivity (Wildman–Crippen MR) is 82.4 cm³/mol. The van der Waals surface area contributed by atoms with Gasteiger partial charge in [-0.1, -0.05) is 25.1 Å². The highest BCUT2D eigenvalue weighted by Crippen LogP contribution is 2.42. The second kappa shape index (κ2) is 6.06. The topological polar surface area (TPSA) is 38.5 Å². The highest BCUT2D eigenvalue weighted by Gasteiger charge is 2.64.